The van der Waals surface area contributed by atoms with Crippen LogP contribution in [-0.4, -0.2) is 4.98 Å². The molecule has 5 aromatic rings. The molecule has 112 valence electrons. The molecule has 1 heteroatoms. The van der Waals surface area contributed by atoms with Crippen LogP contribution >= 0.6 is 0 Å². The number of pyridine rings is 1. The van der Waals surface area contributed by atoms with Gasteiger partial charge in [-0.2, -0.15) is 0 Å². The van der Waals surface area contributed by atoms with Crippen LogP contribution in [0.3, 0.4) is 0 Å². The van der Waals surface area contributed by atoms with Gasteiger partial charge in [0.25, 0.3) is 0 Å². The normalized spacial score (nSPS) is 12.0. The van der Waals surface area contributed by atoms with E-state index in [0.717, 1.165) is 5.56 Å². The van der Waals surface area contributed by atoms with E-state index in [4.69, 9.17) is 0 Å². The minimum Gasteiger partial charge on any atom is -0.265 e. The summed E-state index contributed by atoms with van der Waals surface area (Å²) in [7, 11) is 0. The second kappa shape index (κ2) is 5.17. The number of rotatable bonds is 2. The lowest BCUT2D eigenvalue weighted by Gasteiger charge is -2.11. The van der Waals surface area contributed by atoms with Crippen molar-refractivity contribution in [1.82, 2.24) is 4.98 Å². The quantitative estimate of drug-likeness (QED) is 0.356. The molecule has 0 N–H and O–H groups in total. The molecule has 0 aliphatic carbocycles. The Kier molecular flexibility index (Phi) is 2.86. The van der Waals surface area contributed by atoms with Gasteiger partial charge in [0.05, 0.1) is 0 Å². The molecule has 1 heterocycles. The summed E-state index contributed by atoms with van der Waals surface area (Å²) < 4.78 is 0. The second-order valence-corrected chi connectivity index (χ2v) is 6.17. The minimum absolute atomic E-state index is 1.16. The maximum Gasteiger partial charge on any atom is 0.0273 e. The highest BCUT2D eigenvalue weighted by Crippen LogP contribution is 2.35. The zero-order chi connectivity index (χ0) is 15.9. The van der Waals surface area contributed by atoms with E-state index in [0.29, 0.717) is 0 Å². The monoisotopic (exact) mass is 305 g/mol. The smallest absolute Gasteiger partial charge is 0.0273 e. The van der Waals surface area contributed by atoms with Crippen molar-refractivity contribution in [2.24, 2.45) is 0 Å². The van der Waals surface area contributed by atoms with E-state index in [1.54, 1.807) is 0 Å². The van der Waals surface area contributed by atoms with Crippen LogP contribution in [0.1, 0.15) is 11.1 Å². The van der Waals surface area contributed by atoms with E-state index in [9.17, 15) is 0 Å². The first-order chi connectivity index (χ1) is 11.9. The lowest BCUT2D eigenvalue weighted by Crippen LogP contribution is -1.84. The summed E-state index contributed by atoms with van der Waals surface area (Å²) in [6.45, 7) is 0. The molecule has 0 saturated carbocycles. The Labute approximate surface area is 140 Å². The van der Waals surface area contributed by atoms with Crippen molar-refractivity contribution >= 4 is 44.5 Å². The van der Waals surface area contributed by atoms with Crippen LogP contribution < -0.4 is 0 Å². The Hall–Kier alpha value is -3.19. The minimum atomic E-state index is 1.16. The van der Waals surface area contributed by atoms with Gasteiger partial charge in [-0.15, -0.1) is 0 Å². The van der Waals surface area contributed by atoms with Crippen molar-refractivity contribution in [2.75, 3.05) is 0 Å². The summed E-state index contributed by atoms with van der Waals surface area (Å²) in [6, 6.07) is 24.0. The first-order valence-corrected chi connectivity index (χ1v) is 8.14. The number of hydrogen-bond acceptors (Lipinski definition) is 1. The maximum absolute atomic E-state index is 4.06. The van der Waals surface area contributed by atoms with Crippen LogP contribution in [0.4, 0.5) is 0 Å². The lowest BCUT2D eigenvalue weighted by atomic mass is 9.93. The zero-order valence-electron chi connectivity index (χ0n) is 13.1. The molecule has 5 rings (SSSR count). The Bertz CT molecular complexity index is 1120. The molecule has 1 aromatic heterocycles. The highest BCUT2D eigenvalue weighted by molar-refractivity contribution is 6.23. The Morgan fingerprint density at radius 3 is 1.75 bits per heavy atom. The van der Waals surface area contributed by atoms with Crippen molar-refractivity contribution in [3.8, 4) is 0 Å². The van der Waals surface area contributed by atoms with Gasteiger partial charge in [0, 0.05) is 12.4 Å². The lowest BCUT2D eigenvalue weighted by molar-refractivity contribution is 1.32. The van der Waals surface area contributed by atoms with Crippen molar-refractivity contribution < 1.29 is 0 Å². The van der Waals surface area contributed by atoms with E-state index in [1.807, 2.05) is 24.5 Å². The largest absolute Gasteiger partial charge is 0.265 e. The molecule has 24 heavy (non-hydrogen) atoms. The standard InChI is InChI=1S/C23H15N/c1-2-18-6-8-20-14-17(5-4-16-10-12-24-13-11-16)15-21-9-7-19(3-1)22(18)23(20)21/h1-15H/b5-4+. The molecule has 0 unspecified atom stereocenters. The molecule has 0 bridgehead atoms. The maximum atomic E-state index is 4.06. The fourth-order valence-corrected chi connectivity index (χ4v) is 3.54. The molecule has 0 saturated heterocycles. The van der Waals surface area contributed by atoms with Crippen LogP contribution in [0, 0.1) is 0 Å². The Balaban J connectivity index is 1.73. The van der Waals surface area contributed by atoms with Gasteiger partial charge in [-0.25, -0.2) is 0 Å². The van der Waals surface area contributed by atoms with E-state index >= 15 is 0 Å². The predicted octanol–water partition coefficient (Wildman–Crippen LogP) is 6.15. The van der Waals surface area contributed by atoms with Crippen LogP contribution in [0.5, 0.6) is 0 Å². The van der Waals surface area contributed by atoms with Crippen molar-refractivity contribution in [3.05, 3.63) is 90.3 Å². The number of hydrogen-bond donors (Lipinski definition) is 0. The SMILES string of the molecule is C(=C\c1cc2ccc3cccc4ccc(c1)c2c34)/c1ccncc1. The van der Waals surface area contributed by atoms with Crippen LogP contribution in [0.15, 0.2) is 79.1 Å². The van der Waals surface area contributed by atoms with Gasteiger partial charge in [-0.1, -0.05) is 54.6 Å². The van der Waals surface area contributed by atoms with E-state index < -0.39 is 0 Å². The molecule has 0 fully saturated rings. The third kappa shape index (κ3) is 2.06. The summed E-state index contributed by atoms with van der Waals surface area (Å²) in [5, 5.41) is 7.96. The molecular formula is C23H15N. The Morgan fingerprint density at radius 1 is 0.542 bits per heavy atom. The molecule has 0 aliphatic heterocycles. The number of aromatic nitrogens is 1. The third-order valence-electron chi connectivity index (χ3n) is 4.66. The Morgan fingerprint density at radius 2 is 1.08 bits per heavy atom. The summed E-state index contributed by atoms with van der Waals surface area (Å²) >= 11 is 0. The molecular weight excluding hydrogens is 290 g/mol. The van der Waals surface area contributed by atoms with Crippen LogP contribution in [0.25, 0.3) is 44.5 Å². The molecule has 0 amide bonds. The average molecular weight is 305 g/mol. The average Bonchev–Trinajstić information content (AvgIpc) is 2.65. The van der Waals surface area contributed by atoms with Gasteiger partial charge in [0.1, 0.15) is 0 Å². The molecule has 4 aromatic carbocycles. The van der Waals surface area contributed by atoms with Gasteiger partial charge in [-0.3, -0.25) is 4.98 Å². The van der Waals surface area contributed by atoms with Crippen molar-refractivity contribution in [2.45, 2.75) is 0 Å². The van der Waals surface area contributed by atoms with Gasteiger partial charge in [-0.05, 0) is 67.7 Å². The molecule has 0 radical (unpaired) electrons. The number of benzene rings is 4. The third-order valence-corrected chi connectivity index (χ3v) is 4.66. The molecule has 0 spiro atoms. The van der Waals surface area contributed by atoms with Crippen molar-refractivity contribution in [3.63, 3.8) is 0 Å². The summed E-state index contributed by atoms with van der Waals surface area (Å²) in [5.74, 6) is 0. The van der Waals surface area contributed by atoms with E-state index in [2.05, 4.69) is 71.7 Å². The fourth-order valence-electron chi connectivity index (χ4n) is 3.54. The van der Waals surface area contributed by atoms with E-state index in [1.165, 1.54) is 37.9 Å². The zero-order valence-corrected chi connectivity index (χ0v) is 13.1. The van der Waals surface area contributed by atoms with Gasteiger partial charge < -0.3 is 0 Å². The predicted molar refractivity (Wildman–Crippen MR) is 103 cm³/mol. The van der Waals surface area contributed by atoms with E-state index in [-0.39, 0.29) is 0 Å². The molecule has 1 nitrogen and oxygen atoms in total. The molecule has 0 atom stereocenters. The highest BCUT2D eigenvalue weighted by Gasteiger charge is 2.08. The summed E-state index contributed by atoms with van der Waals surface area (Å²) in [5.41, 5.74) is 2.38. The second-order valence-electron chi connectivity index (χ2n) is 6.17. The first-order valence-electron chi connectivity index (χ1n) is 8.14. The summed E-state index contributed by atoms with van der Waals surface area (Å²) in [6.07, 6.45) is 7.94. The molecule has 0 aliphatic rings. The fraction of sp³-hybridized carbons (Fsp3) is 0. The topological polar surface area (TPSA) is 12.9 Å². The van der Waals surface area contributed by atoms with Crippen LogP contribution in [0.2, 0.25) is 0 Å². The van der Waals surface area contributed by atoms with Gasteiger partial charge in [0.2, 0.25) is 0 Å². The summed E-state index contributed by atoms with van der Waals surface area (Å²) in [4.78, 5) is 4.06. The first kappa shape index (κ1) is 13.3. The van der Waals surface area contributed by atoms with Crippen molar-refractivity contribution in [1.29, 1.82) is 0 Å². The van der Waals surface area contributed by atoms with Crippen LogP contribution in [-0.2, 0) is 0 Å². The van der Waals surface area contributed by atoms with Gasteiger partial charge >= 0.3 is 0 Å². The van der Waals surface area contributed by atoms with Gasteiger partial charge in [0.15, 0.2) is 0 Å². The highest BCUT2D eigenvalue weighted by atomic mass is 14.6. The number of nitrogens with zero attached hydrogens (tertiary/aromatic N) is 1.